The van der Waals surface area contributed by atoms with Crippen molar-refractivity contribution in [3.05, 3.63) is 54.6 Å². The molecule has 13 heteroatoms. The molecule has 10 nitrogen and oxygen atoms in total. The number of alkyl halides is 2. The van der Waals surface area contributed by atoms with E-state index in [9.17, 15) is 18.7 Å². The first-order valence-corrected chi connectivity index (χ1v) is 11.3. The number of amides is 1. The summed E-state index contributed by atoms with van der Waals surface area (Å²) in [7, 11) is 1.49. The number of thioether (sulfide) groups is 1. The number of benzene rings is 1. The quantitative estimate of drug-likeness (QED) is 0.243. The average Bonchev–Trinajstić information content (AvgIpc) is 3.43. The summed E-state index contributed by atoms with van der Waals surface area (Å²) in [5.74, 6) is -0.400. The number of rotatable bonds is 9. The van der Waals surface area contributed by atoms with Crippen molar-refractivity contribution >= 4 is 29.0 Å². The third-order valence-electron chi connectivity index (χ3n) is 4.90. The van der Waals surface area contributed by atoms with Crippen molar-refractivity contribution in [1.82, 2.24) is 29.7 Å². The first-order valence-electron chi connectivity index (χ1n) is 10.0. The number of halogens is 2. The molecule has 3 heterocycles. The fraction of sp³-hybridized carbons (Fsp3) is 0.238. The number of hydrogen-bond acceptors (Lipinski definition) is 8. The normalized spacial score (nSPS) is 12.2. The van der Waals surface area contributed by atoms with Crippen molar-refractivity contribution in [3.8, 4) is 17.0 Å². The summed E-state index contributed by atoms with van der Waals surface area (Å²) in [5, 5.41) is 24.9. The largest absolute Gasteiger partial charge is 0.434 e. The zero-order chi connectivity index (χ0) is 24.2. The molecule has 1 aromatic carbocycles. The molecule has 1 unspecified atom stereocenters. The van der Waals surface area contributed by atoms with Crippen LogP contribution in [0.1, 0.15) is 11.8 Å². The van der Waals surface area contributed by atoms with Gasteiger partial charge in [0, 0.05) is 36.1 Å². The Balaban J connectivity index is 1.77. The van der Waals surface area contributed by atoms with E-state index in [4.69, 9.17) is 4.74 Å². The number of aromatic nitrogens is 5. The van der Waals surface area contributed by atoms with Crippen molar-refractivity contribution in [3.63, 3.8) is 0 Å². The summed E-state index contributed by atoms with van der Waals surface area (Å²) in [6, 6.07) is 6.44. The topological polar surface area (TPSA) is 119 Å². The molecule has 0 aliphatic heterocycles. The number of anilines is 1. The zero-order valence-corrected chi connectivity index (χ0v) is 19.0. The van der Waals surface area contributed by atoms with E-state index in [0.29, 0.717) is 16.9 Å². The highest BCUT2D eigenvalue weighted by Crippen LogP contribution is 2.38. The van der Waals surface area contributed by atoms with Gasteiger partial charge in [-0.15, -0.1) is 11.8 Å². The van der Waals surface area contributed by atoms with Crippen LogP contribution in [0.5, 0.6) is 5.75 Å². The monoisotopic (exact) mass is 489 g/mol. The van der Waals surface area contributed by atoms with E-state index < -0.39 is 12.8 Å². The number of carbonyl (C=O) groups excluding carboxylic acids is 1. The number of carbonyl (C=O) groups is 1. The molecule has 0 aliphatic carbocycles. The second kappa shape index (κ2) is 10.1. The van der Waals surface area contributed by atoms with E-state index in [-0.39, 0.29) is 29.5 Å². The van der Waals surface area contributed by atoms with Crippen LogP contribution in [-0.2, 0) is 11.3 Å². The maximum Gasteiger partial charge on any atom is 0.387 e. The summed E-state index contributed by atoms with van der Waals surface area (Å²) in [6.07, 6.45) is 6.82. The summed E-state index contributed by atoms with van der Waals surface area (Å²) in [4.78, 5) is 16.9. The summed E-state index contributed by atoms with van der Waals surface area (Å²) in [5.41, 5.74) is 1.62. The molecule has 34 heavy (non-hydrogen) atoms. The fourth-order valence-corrected chi connectivity index (χ4v) is 3.76. The van der Waals surface area contributed by atoms with Crippen molar-refractivity contribution in [2.24, 2.45) is 0 Å². The summed E-state index contributed by atoms with van der Waals surface area (Å²) < 4.78 is 33.7. The van der Waals surface area contributed by atoms with Crippen LogP contribution in [0.15, 0.2) is 53.9 Å². The standard InChI is InChI=1S/C21H21F2N7O3S/c1-24-17(31)11-29-10-15(27-20(32)14-9-26-30-7-3-6-25-19(14)30)18(28-29)13-8-12(34-2)4-5-16(13)33-21(22)23/h3-10,20-21,27,32H,11H2,1-2H3,(H,24,31). The van der Waals surface area contributed by atoms with Gasteiger partial charge in [0.1, 0.15) is 18.0 Å². The molecule has 0 bridgehead atoms. The Hall–Kier alpha value is -3.71. The van der Waals surface area contributed by atoms with Gasteiger partial charge < -0.3 is 20.5 Å². The fourth-order valence-electron chi connectivity index (χ4n) is 3.32. The molecule has 0 saturated heterocycles. The lowest BCUT2D eigenvalue weighted by Crippen LogP contribution is -2.23. The second-order valence-electron chi connectivity index (χ2n) is 7.04. The number of likely N-dealkylation sites (N-methyl/N-ethyl adjacent to an activating group) is 1. The lowest BCUT2D eigenvalue weighted by atomic mass is 10.1. The second-order valence-corrected chi connectivity index (χ2v) is 7.92. The van der Waals surface area contributed by atoms with Gasteiger partial charge in [0.25, 0.3) is 0 Å². The van der Waals surface area contributed by atoms with Crippen molar-refractivity contribution in [2.75, 3.05) is 18.6 Å². The molecule has 0 saturated carbocycles. The molecule has 0 spiro atoms. The van der Waals surface area contributed by atoms with E-state index >= 15 is 0 Å². The molecule has 1 atom stereocenters. The molecule has 0 aliphatic rings. The number of aliphatic hydroxyl groups is 1. The summed E-state index contributed by atoms with van der Waals surface area (Å²) in [6.45, 7) is -3.16. The van der Waals surface area contributed by atoms with Crippen LogP contribution >= 0.6 is 11.8 Å². The average molecular weight is 490 g/mol. The van der Waals surface area contributed by atoms with Gasteiger partial charge in [0.2, 0.25) is 5.91 Å². The molecule has 3 aromatic heterocycles. The van der Waals surface area contributed by atoms with Crippen molar-refractivity contribution in [2.45, 2.75) is 24.3 Å². The maximum atomic E-state index is 13.1. The van der Waals surface area contributed by atoms with E-state index in [1.54, 1.807) is 30.6 Å². The number of hydrogen-bond donors (Lipinski definition) is 3. The molecular formula is C21H21F2N7O3S. The molecule has 178 valence electrons. The molecule has 4 aromatic rings. The highest BCUT2D eigenvalue weighted by atomic mass is 32.2. The molecule has 1 amide bonds. The number of aliphatic hydroxyl groups excluding tert-OH is 1. The van der Waals surface area contributed by atoms with Crippen molar-refractivity contribution in [1.29, 1.82) is 0 Å². The smallest absolute Gasteiger partial charge is 0.387 e. The Morgan fingerprint density at radius 3 is 2.91 bits per heavy atom. The molecular weight excluding hydrogens is 468 g/mol. The number of nitrogens with one attached hydrogen (secondary N) is 2. The number of fused-ring (bicyclic) bond motifs is 1. The maximum absolute atomic E-state index is 13.1. The van der Waals surface area contributed by atoms with Gasteiger partial charge in [-0.1, -0.05) is 0 Å². The van der Waals surface area contributed by atoms with Gasteiger partial charge >= 0.3 is 6.61 Å². The van der Waals surface area contributed by atoms with Crippen LogP contribution in [0.4, 0.5) is 14.5 Å². The predicted molar refractivity (Wildman–Crippen MR) is 122 cm³/mol. The third-order valence-corrected chi connectivity index (χ3v) is 5.62. The van der Waals surface area contributed by atoms with Crippen LogP contribution in [0.3, 0.4) is 0 Å². The van der Waals surface area contributed by atoms with Crippen LogP contribution in [-0.4, -0.2) is 55.3 Å². The van der Waals surface area contributed by atoms with E-state index in [1.807, 2.05) is 6.26 Å². The van der Waals surface area contributed by atoms with Crippen LogP contribution in [0.2, 0.25) is 0 Å². The van der Waals surface area contributed by atoms with Crippen LogP contribution < -0.4 is 15.4 Å². The first kappa shape index (κ1) is 23.4. The van der Waals surface area contributed by atoms with Gasteiger partial charge in [-0.25, -0.2) is 9.50 Å². The Bertz CT molecular complexity index is 1310. The van der Waals surface area contributed by atoms with E-state index in [2.05, 4.69) is 25.8 Å². The van der Waals surface area contributed by atoms with Gasteiger partial charge in [-0.2, -0.15) is 19.0 Å². The highest BCUT2D eigenvalue weighted by Gasteiger charge is 2.22. The molecule has 4 rings (SSSR count). The van der Waals surface area contributed by atoms with Gasteiger partial charge in [-0.05, 0) is 30.5 Å². The minimum Gasteiger partial charge on any atom is -0.434 e. The van der Waals surface area contributed by atoms with Gasteiger partial charge in [0.05, 0.1) is 17.4 Å². The minimum atomic E-state index is -3.04. The first-order chi connectivity index (χ1) is 16.4. The minimum absolute atomic E-state index is 0.0896. The predicted octanol–water partition coefficient (Wildman–Crippen LogP) is 2.77. The Kier molecular flexibility index (Phi) is 6.93. The van der Waals surface area contributed by atoms with Gasteiger partial charge in [-0.3, -0.25) is 9.48 Å². The Morgan fingerprint density at radius 2 is 2.18 bits per heavy atom. The van der Waals surface area contributed by atoms with Crippen LogP contribution in [0.25, 0.3) is 16.9 Å². The Morgan fingerprint density at radius 1 is 1.35 bits per heavy atom. The highest BCUT2D eigenvalue weighted by molar-refractivity contribution is 7.98. The number of ether oxygens (including phenoxy) is 1. The van der Waals surface area contributed by atoms with E-state index in [1.165, 1.54) is 46.5 Å². The SMILES string of the molecule is CNC(=O)Cn1cc(NC(O)c2cnn3cccnc23)c(-c2cc(SC)ccc2OC(F)F)n1. The summed E-state index contributed by atoms with van der Waals surface area (Å²) >= 11 is 1.41. The lowest BCUT2D eigenvalue weighted by molar-refractivity contribution is -0.121. The lowest BCUT2D eigenvalue weighted by Gasteiger charge is -2.15. The number of nitrogens with zero attached hydrogens (tertiary/aromatic N) is 5. The molecule has 3 N–H and O–H groups in total. The van der Waals surface area contributed by atoms with Crippen LogP contribution in [0, 0.1) is 0 Å². The zero-order valence-electron chi connectivity index (χ0n) is 18.1. The van der Waals surface area contributed by atoms with E-state index in [0.717, 1.165) is 4.90 Å². The molecule has 0 radical (unpaired) electrons. The van der Waals surface area contributed by atoms with Gasteiger partial charge in [0.15, 0.2) is 11.9 Å². The third kappa shape index (κ3) is 4.94. The molecule has 0 fully saturated rings. The Labute approximate surface area is 196 Å². The van der Waals surface area contributed by atoms with Crippen molar-refractivity contribution < 1.29 is 23.4 Å².